The molecule has 4 nitrogen and oxygen atoms in total. The number of nitrogens with one attached hydrogen (secondary N) is 1. The van der Waals surface area contributed by atoms with Gasteiger partial charge in [-0.05, 0) is 61.2 Å². The van der Waals surface area contributed by atoms with Crippen molar-refractivity contribution < 1.29 is 9.53 Å². The summed E-state index contributed by atoms with van der Waals surface area (Å²) in [5.41, 5.74) is 7.99. The Morgan fingerprint density at radius 3 is 2.11 bits per heavy atom. The third-order valence-electron chi connectivity index (χ3n) is 4.26. The molecule has 1 amide bonds. The Bertz CT molecular complexity index is 833. The minimum Gasteiger partial charge on any atom is -0.457 e. The first-order valence-electron chi connectivity index (χ1n) is 9.14. The molecule has 0 aliphatic carbocycles. The molecule has 0 heterocycles. The molecule has 4 heteroatoms. The minimum absolute atomic E-state index is 0.167. The van der Waals surface area contributed by atoms with Crippen molar-refractivity contribution in [2.75, 3.05) is 5.32 Å². The molecule has 3 N–H and O–H groups in total. The van der Waals surface area contributed by atoms with E-state index >= 15 is 0 Å². The SMILES string of the molecule is NC(CCCc1ccccc1)C(=O)Nc1ccc(Oc2ccccc2)cc1. The highest BCUT2D eigenvalue weighted by Gasteiger charge is 2.13. The second kappa shape index (κ2) is 9.55. The minimum atomic E-state index is -0.519. The van der Waals surface area contributed by atoms with E-state index in [4.69, 9.17) is 10.5 Å². The standard InChI is InChI=1S/C23H24N2O2/c24-22(13-7-10-18-8-3-1-4-9-18)23(26)25-19-14-16-21(17-15-19)27-20-11-5-2-6-12-20/h1-6,8-9,11-12,14-17,22H,7,10,13,24H2,(H,25,26). The molecule has 0 radical (unpaired) electrons. The van der Waals surface area contributed by atoms with Crippen molar-refractivity contribution in [1.29, 1.82) is 0 Å². The van der Waals surface area contributed by atoms with E-state index in [1.807, 2.05) is 72.8 Å². The van der Waals surface area contributed by atoms with Crippen molar-refractivity contribution in [1.82, 2.24) is 0 Å². The second-order valence-electron chi connectivity index (χ2n) is 6.41. The van der Waals surface area contributed by atoms with Crippen LogP contribution < -0.4 is 15.8 Å². The molecule has 0 aromatic heterocycles. The van der Waals surface area contributed by atoms with Crippen molar-refractivity contribution in [2.45, 2.75) is 25.3 Å². The number of hydrogen-bond acceptors (Lipinski definition) is 3. The van der Waals surface area contributed by atoms with Gasteiger partial charge in [-0.2, -0.15) is 0 Å². The van der Waals surface area contributed by atoms with E-state index in [-0.39, 0.29) is 5.91 Å². The van der Waals surface area contributed by atoms with Crippen LogP contribution in [-0.2, 0) is 11.2 Å². The van der Waals surface area contributed by atoms with Gasteiger partial charge in [-0.25, -0.2) is 0 Å². The van der Waals surface area contributed by atoms with Crippen LogP contribution in [0.5, 0.6) is 11.5 Å². The molecular formula is C23H24N2O2. The molecule has 0 saturated heterocycles. The van der Waals surface area contributed by atoms with E-state index < -0.39 is 6.04 Å². The Labute approximate surface area is 160 Å². The topological polar surface area (TPSA) is 64.4 Å². The summed E-state index contributed by atoms with van der Waals surface area (Å²) in [6, 6.07) is 26.5. The predicted molar refractivity (Wildman–Crippen MR) is 109 cm³/mol. The average Bonchev–Trinajstić information content (AvgIpc) is 2.71. The van der Waals surface area contributed by atoms with Gasteiger partial charge in [0.2, 0.25) is 5.91 Å². The van der Waals surface area contributed by atoms with Gasteiger partial charge in [0.05, 0.1) is 6.04 Å². The number of amides is 1. The van der Waals surface area contributed by atoms with Crippen LogP contribution in [0, 0.1) is 0 Å². The van der Waals surface area contributed by atoms with Gasteiger partial charge in [-0.1, -0.05) is 48.5 Å². The third kappa shape index (κ3) is 5.97. The van der Waals surface area contributed by atoms with E-state index in [0.29, 0.717) is 17.9 Å². The van der Waals surface area contributed by atoms with Gasteiger partial charge in [0.15, 0.2) is 0 Å². The largest absolute Gasteiger partial charge is 0.457 e. The molecule has 0 spiro atoms. The Kier molecular flexibility index (Phi) is 6.61. The molecule has 0 saturated carbocycles. The zero-order valence-corrected chi connectivity index (χ0v) is 15.2. The highest BCUT2D eigenvalue weighted by molar-refractivity contribution is 5.94. The number of carbonyl (C=O) groups excluding carboxylic acids is 1. The Balaban J connectivity index is 1.45. The van der Waals surface area contributed by atoms with Crippen molar-refractivity contribution in [3.63, 3.8) is 0 Å². The van der Waals surface area contributed by atoms with E-state index in [1.54, 1.807) is 0 Å². The van der Waals surface area contributed by atoms with Crippen molar-refractivity contribution in [3.8, 4) is 11.5 Å². The summed E-state index contributed by atoms with van der Waals surface area (Å²) < 4.78 is 5.74. The fourth-order valence-electron chi connectivity index (χ4n) is 2.77. The summed E-state index contributed by atoms with van der Waals surface area (Å²) >= 11 is 0. The summed E-state index contributed by atoms with van der Waals surface area (Å²) in [6.45, 7) is 0. The maximum atomic E-state index is 12.3. The monoisotopic (exact) mass is 360 g/mol. The molecule has 0 bridgehead atoms. The summed E-state index contributed by atoms with van der Waals surface area (Å²) in [7, 11) is 0. The molecule has 0 aliphatic heterocycles. The van der Waals surface area contributed by atoms with Crippen LogP contribution in [0.25, 0.3) is 0 Å². The molecule has 3 rings (SSSR count). The fraction of sp³-hybridized carbons (Fsp3) is 0.174. The number of nitrogens with two attached hydrogens (primary N) is 1. The van der Waals surface area contributed by atoms with Gasteiger partial charge in [-0.3, -0.25) is 4.79 Å². The van der Waals surface area contributed by atoms with Crippen LogP contribution in [0.4, 0.5) is 5.69 Å². The average molecular weight is 360 g/mol. The third-order valence-corrected chi connectivity index (χ3v) is 4.26. The summed E-state index contributed by atoms with van der Waals surface area (Å²) in [4.78, 5) is 12.3. The smallest absolute Gasteiger partial charge is 0.241 e. The number of para-hydroxylation sites is 1. The maximum Gasteiger partial charge on any atom is 0.241 e. The number of carbonyl (C=O) groups is 1. The first-order chi connectivity index (χ1) is 13.2. The highest BCUT2D eigenvalue weighted by atomic mass is 16.5. The number of anilines is 1. The Morgan fingerprint density at radius 2 is 1.44 bits per heavy atom. The van der Waals surface area contributed by atoms with E-state index in [0.717, 1.165) is 18.6 Å². The highest BCUT2D eigenvalue weighted by Crippen LogP contribution is 2.22. The molecule has 1 atom stereocenters. The molecule has 3 aromatic rings. The van der Waals surface area contributed by atoms with Gasteiger partial charge in [0.25, 0.3) is 0 Å². The molecule has 3 aromatic carbocycles. The molecule has 0 fully saturated rings. The van der Waals surface area contributed by atoms with Crippen molar-refractivity contribution >= 4 is 11.6 Å². The van der Waals surface area contributed by atoms with Crippen molar-refractivity contribution in [3.05, 3.63) is 90.5 Å². The van der Waals surface area contributed by atoms with Gasteiger partial charge < -0.3 is 15.8 Å². The summed E-state index contributed by atoms with van der Waals surface area (Å²) in [5, 5.41) is 2.86. The quantitative estimate of drug-likeness (QED) is 0.608. The predicted octanol–water partition coefficient (Wildman–Crippen LogP) is 4.77. The Hall–Kier alpha value is -3.11. The molecule has 138 valence electrons. The zero-order chi connectivity index (χ0) is 18.9. The molecule has 0 aliphatic rings. The van der Waals surface area contributed by atoms with Crippen LogP contribution in [0.15, 0.2) is 84.9 Å². The molecule has 1 unspecified atom stereocenters. The van der Waals surface area contributed by atoms with Gasteiger partial charge in [-0.15, -0.1) is 0 Å². The lowest BCUT2D eigenvalue weighted by Crippen LogP contribution is -2.35. The van der Waals surface area contributed by atoms with Crippen LogP contribution >= 0.6 is 0 Å². The lowest BCUT2D eigenvalue weighted by molar-refractivity contribution is -0.117. The van der Waals surface area contributed by atoms with E-state index in [2.05, 4.69) is 17.4 Å². The maximum absolute atomic E-state index is 12.3. The van der Waals surface area contributed by atoms with Crippen molar-refractivity contribution in [2.24, 2.45) is 5.73 Å². The van der Waals surface area contributed by atoms with E-state index in [1.165, 1.54) is 5.56 Å². The lowest BCUT2D eigenvalue weighted by atomic mass is 10.0. The lowest BCUT2D eigenvalue weighted by Gasteiger charge is -2.13. The van der Waals surface area contributed by atoms with Crippen LogP contribution in [0.1, 0.15) is 18.4 Å². The number of benzene rings is 3. The Morgan fingerprint density at radius 1 is 0.852 bits per heavy atom. The summed E-state index contributed by atoms with van der Waals surface area (Å²) in [6.07, 6.45) is 2.45. The van der Waals surface area contributed by atoms with Gasteiger partial charge in [0.1, 0.15) is 11.5 Å². The molecule has 27 heavy (non-hydrogen) atoms. The van der Waals surface area contributed by atoms with E-state index in [9.17, 15) is 4.79 Å². The molecular weight excluding hydrogens is 336 g/mol. The number of rotatable bonds is 8. The van der Waals surface area contributed by atoms with Crippen LogP contribution in [-0.4, -0.2) is 11.9 Å². The van der Waals surface area contributed by atoms with Gasteiger partial charge in [0, 0.05) is 5.69 Å². The van der Waals surface area contributed by atoms with Gasteiger partial charge >= 0.3 is 0 Å². The second-order valence-corrected chi connectivity index (χ2v) is 6.41. The first kappa shape index (κ1) is 18.7. The number of hydrogen-bond donors (Lipinski definition) is 2. The number of ether oxygens (including phenoxy) is 1. The zero-order valence-electron chi connectivity index (χ0n) is 15.2. The number of aryl methyl sites for hydroxylation is 1. The van der Waals surface area contributed by atoms with Crippen LogP contribution in [0.2, 0.25) is 0 Å². The normalized spacial score (nSPS) is 11.6. The van der Waals surface area contributed by atoms with Crippen LogP contribution in [0.3, 0.4) is 0 Å². The summed E-state index contributed by atoms with van der Waals surface area (Å²) in [5.74, 6) is 1.32. The fourth-order valence-corrected chi connectivity index (χ4v) is 2.77. The first-order valence-corrected chi connectivity index (χ1v) is 9.14.